The van der Waals surface area contributed by atoms with Crippen LogP contribution in [-0.4, -0.2) is 66.1 Å². The van der Waals surface area contributed by atoms with Crippen molar-refractivity contribution in [3.05, 3.63) is 41.6 Å². The number of carboxylic acid groups (broad SMARTS) is 1. The first-order valence-corrected chi connectivity index (χ1v) is 14.1. The average Bonchev–Trinajstić information content (AvgIpc) is 3.40. The van der Waals surface area contributed by atoms with Crippen molar-refractivity contribution < 1.29 is 32.6 Å². The molecule has 0 radical (unpaired) electrons. The molecule has 1 unspecified atom stereocenters. The zero-order valence-electron chi connectivity index (χ0n) is 24.2. The second kappa shape index (κ2) is 12.3. The van der Waals surface area contributed by atoms with E-state index in [0.717, 1.165) is 44.2 Å². The van der Waals surface area contributed by atoms with Crippen molar-refractivity contribution in [2.45, 2.75) is 71.1 Å². The number of hydrogen-bond donors (Lipinski definition) is 1. The number of rotatable bonds is 8. The number of carbonyl (C=O) groups is 2. The zero-order chi connectivity index (χ0) is 30.1. The van der Waals surface area contributed by atoms with Crippen LogP contribution in [-0.2, 0) is 11.0 Å². The summed E-state index contributed by atoms with van der Waals surface area (Å²) < 4.78 is 47.8. The van der Waals surface area contributed by atoms with Gasteiger partial charge in [0.15, 0.2) is 0 Å². The lowest BCUT2D eigenvalue weighted by Gasteiger charge is -2.34. The van der Waals surface area contributed by atoms with E-state index in [1.165, 1.54) is 23.2 Å². The molecule has 1 amide bonds. The fourth-order valence-electron chi connectivity index (χ4n) is 5.72. The number of alkyl halides is 3. The van der Waals surface area contributed by atoms with Gasteiger partial charge in [-0.15, -0.1) is 0 Å². The van der Waals surface area contributed by atoms with E-state index in [-0.39, 0.29) is 40.9 Å². The van der Waals surface area contributed by atoms with Crippen LogP contribution in [0.15, 0.2) is 30.5 Å². The Bertz CT molecular complexity index is 1260. The standard InChI is InChI=1S/C30H39F3N4O4/c1-18(2)37(28(38)20-8-6-19(3)7-9-20)26-11-10-23(15-24(26)29(39)40)41-27-25(30(31,32)33)14-22(16-34-27)36-13-12-21(17-36)35(4)5/h10-11,14-16,18-21H,6-9,12-13,17H2,1-5H3,(H,39,40). The van der Waals surface area contributed by atoms with E-state index in [2.05, 4.69) is 11.9 Å². The van der Waals surface area contributed by atoms with Crippen LogP contribution in [0.5, 0.6) is 11.6 Å². The predicted molar refractivity (Wildman–Crippen MR) is 151 cm³/mol. The number of benzene rings is 1. The molecule has 0 bridgehead atoms. The number of likely N-dealkylation sites (N-methyl/N-ethyl adjacent to an activating group) is 1. The summed E-state index contributed by atoms with van der Waals surface area (Å²) in [5, 5.41) is 10.0. The molecule has 2 heterocycles. The van der Waals surface area contributed by atoms with Crippen LogP contribution in [0.2, 0.25) is 0 Å². The minimum atomic E-state index is -4.74. The summed E-state index contributed by atoms with van der Waals surface area (Å²) in [5.74, 6) is -1.89. The Kier molecular flexibility index (Phi) is 9.16. The summed E-state index contributed by atoms with van der Waals surface area (Å²) in [6.45, 7) is 6.96. The van der Waals surface area contributed by atoms with E-state index in [0.29, 0.717) is 24.7 Å². The van der Waals surface area contributed by atoms with Crippen LogP contribution in [0.1, 0.15) is 68.8 Å². The Morgan fingerprint density at radius 3 is 2.34 bits per heavy atom. The monoisotopic (exact) mass is 576 g/mol. The summed E-state index contributed by atoms with van der Waals surface area (Å²) in [6.07, 6.45) is 0.771. The fraction of sp³-hybridized carbons (Fsp3) is 0.567. The van der Waals surface area contributed by atoms with Crippen molar-refractivity contribution in [2.24, 2.45) is 11.8 Å². The normalized spacial score (nSPS) is 21.4. The van der Waals surface area contributed by atoms with Crippen LogP contribution in [0.25, 0.3) is 0 Å². The van der Waals surface area contributed by atoms with Gasteiger partial charge in [0.2, 0.25) is 11.8 Å². The van der Waals surface area contributed by atoms with Crippen molar-refractivity contribution in [1.82, 2.24) is 9.88 Å². The maximum atomic E-state index is 14.1. The van der Waals surface area contributed by atoms with Gasteiger partial charge < -0.3 is 24.5 Å². The molecular weight excluding hydrogens is 537 g/mol. The molecule has 0 spiro atoms. The van der Waals surface area contributed by atoms with Crippen LogP contribution >= 0.6 is 0 Å². The molecule has 1 aliphatic carbocycles. The highest BCUT2D eigenvalue weighted by atomic mass is 19.4. The lowest BCUT2D eigenvalue weighted by atomic mass is 9.82. The third-order valence-corrected chi connectivity index (χ3v) is 8.19. The van der Waals surface area contributed by atoms with E-state index in [4.69, 9.17) is 4.74 Å². The number of pyridine rings is 1. The van der Waals surface area contributed by atoms with E-state index < -0.39 is 23.6 Å². The van der Waals surface area contributed by atoms with E-state index in [1.807, 2.05) is 37.7 Å². The van der Waals surface area contributed by atoms with Gasteiger partial charge in [0, 0.05) is 31.1 Å². The Hall–Kier alpha value is -3.34. The molecule has 224 valence electrons. The number of halogens is 3. The summed E-state index contributed by atoms with van der Waals surface area (Å²) in [5.41, 5.74) is -0.744. The van der Waals surface area contributed by atoms with Gasteiger partial charge in [0.25, 0.3) is 0 Å². The minimum absolute atomic E-state index is 0.117. The molecule has 11 heteroatoms. The van der Waals surface area contributed by atoms with Crippen molar-refractivity contribution in [1.29, 1.82) is 0 Å². The Labute approximate surface area is 239 Å². The Morgan fingerprint density at radius 1 is 1.10 bits per heavy atom. The van der Waals surface area contributed by atoms with Gasteiger partial charge in [-0.25, -0.2) is 9.78 Å². The van der Waals surface area contributed by atoms with Crippen LogP contribution in [0.4, 0.5) is 24.5 Å². The topological polar surface area (TPSA) is 86.2 Å². The lowest BCUT2D eigenvalue weighted by Crippen LogP contribution is -2.42. The van der Waals surface area contributed by atoms with Gasteiger partial charge in [0.05, 0.1) is 23.1 Å². The molecule has 2 aliphatic rings. The Morgan fingerprint density at radius 2 is 1.78 bits per heavy atom. The largest absolute Gasteiger partial charge is 0.478 e. The minimum Gasteiger partial charge on any atom is -0.478 e. The van der Waals surface area contributed by atoms with Gasteiger partial charge in [-0.3, -0.25) is 4.79 Å². The number of anilines is 2. The Balaban J connectivity index is 1.63. The maximum Gasteiger partial charge on any atom is 0.421 e. The first-order chi connectivity index (χ1) is 19.3. The highest BCUT2D eigenvalue weighted by Crippen LogP contribution is 2.40. The first-order valence-electron chi connectivity index (χ1n) is 14.1. The summed E-state index contributed by atoms with van der Waals surface area (Å²) in [6, 6.07) is 4.89. The second-order valence-electron chi connectivity index (χ2n) is 11.7. The van der Waals surface area contributed by atoms with E-state index >= 15 is 0 Å². The van der Waals surface area contributed by atoms with Gasteiger partial charge >= 0.3 is 12.1 Å². The number of ether oxygens (including phenoxy) is 1. The molecule has 8 nitrogen and oxygen atoms in total. The van der Waals surface area contributed by atoms with Crippen molar-refractivity contribution >= 4 is 23.3 Å². The maximum absolute atomic E-state index is 14.1. The van der Waals surface area contributed by atoms with Gasteiger partial charge in [-0.05, 0) is 90.2 Å². The third-order valence-electron chi connectivity index (χ3n) is 8.19. The van der Waals surface area contributed by atoms with Crippen molar-refractivity contribution in [2.75, 3.05) is 37.0 Å². The quantitative estimate of drug-likeness (QED) is 0.395. The van der Waals surface area contributed by atoms with Gasteiger partial charge in [0.1, 0.15) is 11.3 Å². The smallest absolute Gasteiger partial charge is 0.421 e. The van der Waals surface area contributed by atoms with Gasteiger partial charge in [-0.1, -0.05) is 6.92 Å². The molecule has 1 aliphatic heterocycles. The number of carboxylic acids is 1. The number of hydrogen-bond acceptors (Lipinski definition) is 6. The highest BCUT2D eigenvalue weighted by molar-refractivity contribution is 6.03. The predicted octanol–water partition coefficient (Wildman–Crippen LogP) is 6.30. The zero-order valence-corrected chi connectivity index (χ0v) is 24.2. The molecular formula is C30H39F3N4O4. The first kappa shape index (κ1) is 30.6. The molecule has 1 atom stereocenters. The number of aromatic carboxylic acids is 1. The van der Waals surface area contributed by atoms with Crippen molar-refractivity contribution in [3.8, 4) is 11.6 Å². The molecule has 41 heavy (non-hydrogen) atoms. The fourth-order valence-corrected chi connectivity index (χ4v) is 5.72. The van der Waals surface area contributed by atoms with Crippen LogP contribution in [0, 0.1) is 11.8 Å². The molecule has 2 aromatic rings. The molecule has 1 saturated heterocycles. The van der Waals surface area contributed by atoms with E-state index in [1.54, 1.807) is 0 Å². The average molecular weight is 577 g/mol. The summed E-state index contributed by atoms with van der Waals surface area (Å²) in [4.78, 5) is 35.2. The van der Waals surface area contributed by atoms with Crippen LogP contribution < -0.4 is 14.5 Å². The summed E-state index contributed by atoms with van der Waals surface area (Å²) in [7, 11) is 3.88. The molecule has 1 saturated carbocycles. The molecule has 2 fully saturated rings. The number of nitrogens with zero attached hydrogens (tertiary/aromatic N) is 4. The number of carbonyl (C=O) groups excluding carboxylic acids is 1. The molecule has 4 rings (SSSR count). The SMILES string of the molecule is CC1CCC(C(=O)N(c2ccc(Oc3ncc(N4CCC(N(C)C)C4)cc3C(F)(F)F)cc2C(=O)O)C(C)C)CC1. The molecule has 1 aromatic heterocycles. The highest BCUT2D eigenvalue weighted by Gasteiger charge is 2.38. The molecule has 1 N–H and O–H groups in total. The van der Waals surface area contributed by atoms with Crippen molar-refractivity contribution in [3.63, 3.8) is 0 Å². The number of amides is 1. The second-order valence-corrected chi connectivity index (χ2v) is 11.7. The third kappa shape index (κ3) is 6.94. The van der Waals surface area contributed by atoms with Crippen LogP contribution in [0.3, 0.4) is 0 Å². The number of aromatic nitrogens is 1. The van der Waals surface area contributed by atoms with E-state index in [9.17, 15) is 27.9 Å². The van der Waals surface area contributed by atoms with Gasteiger partial charge in [-0.2, -0.15) is 13.2 Å². The lowest BCUT2D eigenvalue weighted by molar-refractivity contribution is -0.138. The summed E-state index contributed by atoms with van der Waals surface area (Å²) >= 11 is 0. The molecule has 1 aromatic carbocycles.